The lowest BCUT2D eigenvalue weighted by Crippen LogP contribution is -2.10. The third-order valence-electron chi connectivity index (χ3n) is 5.84. The molecule has 4 aromatic rings. The summed E-state index contributed by atoms with van der Waals surface area (Å²) in [6.45, 7) is 1.29. The molecule has 2 aliphatic rings. The number of ether oxygens (including phenoxy) is 1. The highest BCUT2D eigenvalue weighted by Gasteiger charge is 2.40. The van der Waals surface area contributed by atoms with E-state index in [1.807, 2.05) is 42.5 Å². The molecule has 2 aromatic heterocycles. The van der Waals surface area contributed by atoms with Gasteiger partial charge in [-0.05, 0) is 73.7 Å². The third-order valence-corrected chi connectivity index (χ3v) is 5.84. The average Bonchev–Trinajstić information content (AvgIpc) is 3.49. The molecule has 2 N–H and O–H groups in total. The zero-order valence-corrected chi connectivity index (χ0v) is 18.5. The molecule has 0 radical (unpaired) electrons. The Labute approximate surface area is 198 Å². The maximum absolute atomic E-state index is 5.83. The van der Waals surface area contributed by atoms with Crippen LogP contribution < -0.4 is 15.4 Å². The van der Waals surface area contributed by atoms with Gasteiger partial charge in [-0.1, -0.05) is 18.1 Å². The molecule has 2 atom stereocenters. The quantitative estimate of drug-likeness (QED) is 0.436. The number of fused-ring (bicyclic) bond motifs is 2. The molecule has 6 heteroatoms. The average molecular weight is 446 g/mol. The Morgan fingerprint density at radius 3 is 2.62 bits per heavy atom. The molecule has 6 nitrogen and oxygen atoms in total. The van der Waals surface area contributed by atoms with Gasteiger partial charge in [0, 0.05) is 23.3 Å². The topological polar surface area (TPSA) is 72.0 Å². The van der Waals surface area contributed by atoms with E-state index < -0.39 is 0 Å². The smallest absolute Gasteiger partial charge is 0.207 e. The normalized spacial score (nSPS) is 17.5. The molecule has 1 aliphatic heterocycles. The van der Waals surface area contributed by atoms with Crippen LogP contribution in [0.5, 0.6) is 11.5 Å². The highest BCUT2D eigenvalue weighted by molar-refractivity contribution is 5.91. The Morgan fingerprint density at radius 2 is 1.94 bits per heavy atom. The van der Waals surface area contributed by atoms with Crippen molar-refractivity contribution in [3.63, 3.8) is 0 Å². The molecule has 6 rings (SSSR count). The monoisotopic (exact) mass is 445 g/mol. The highest BCUT2D eigenvalue weighted by atomic mass is 16.5. The maximum Gasteiger partial charge on any atom is 0.207 e. The molecule has 3 heterocycles. The second-order valence-electron chi connectivity index (χ2n) is 8.17. The van der Waals surface area contributed by atoms with E-state index in [9.17, 15) is 0 Å². The SMILES string of the molecule is C#Cc1nc(Nc2ccc(Oc3cccnc3)c(C#C)c2)c2ccccc2n1.C1CC2CC2N1. The van der Waals surface area contributed by atoms with Crippen molar-refractivity contribution in [3.8, 4) is 36.2 Å². The fraction of sp³-hybridized carbons (Fsp3) is 0.179. The summed E-state index contributed by atoms with van der Waals surface area (Å²) in [6.07, 6.45) is 17.4. The van der Waals surface area contributed by atoms with Crippen molar-refractivity contribution in [2.24, 2.45) is 5.92 Å². The molecule has 34 heavy (non-hydrogen) atoms. The second kappa shape index (κ2) is 9.62. The minimum atomic E-state index is 0.315. The minimum absolute atomic E-state index is 0.315. The summed E-state index contributed by atoms with van der Waals surface area (Å²) >= 11 is 0. The molecule has 0 amide bonds. The van der Waals surface area contributed by atoms with Gasteiger partial charge in [-0.25, -0.2) is 9.97 Å². The van der Waals surface area contributed by atoms with Crippen molar-refractivity contribution in [2.75, 3.05) is 11.9 Å². The number of nitrogens with zero attached hydrogens (tertiary/aromatic N) is 3. The van der Waals surface area contributed by atoms with Crippen LogP contribution in [0.4, 0.5) is 11.5 Å². The van der Waals surface area contributed by atoms with Crippen LogP contribution in [0, 0.1) is 30.6 Å². The predicted molar refractivity (Wildman–Crippen MR) is 134 cm³/mol. The van der Waals surface area contributed by atoms with E-state index in [1.165, 1.54) is 19.4 Å². The first-order chi connectivity index (χ1) is 16.7. The van der Waals surface area contributed by atoms with Crippen molar-refractivity contribution in [1.29, 1.82) is 0 Å². The van der Waals surface area contributed by atoms with Crippen molar-refractivity contribution in [3.05, 3.63) is 78.4 Å². The number of pyridine rings is 1. The minimum Gasteiger partial charge on any atom is -0.454 e. The van der Waals surface area contributed by atoms with E-state index in [-0.39, 0.29) is 0 Å². The molecule has 1 saturated heterocycles. The van der Waals surface area contributed by atoms with Crippen molar-refractivity contribution < 1.29 is 4.74 Å². The van der Waals surface area contributed by atoms with E-state index in [4.69, 9.17) is 17.6 Å². The number of piperidine rings is 1. The summed E-state index contributed by atoms with van der Waals surface area (Å²) in [5.41, 5.74) is 2.13. The Balaban J connectivity index is 0.000000343. The van der Waals surface area contributed by atoms with Crippen molar-refractivity contribution in [1.82, 2.24) is 20.3 Å². The molecule has 2 aromatic carbocycles. The molecular formula is C28H23N5O. The summed E-state index contributed by atoms with van der Waals surface area (Å²) in [6, 6.07) is 17.7. The van der Waals surface area contributed by atoms with Gasteiger partial charge in [0.2, 0.25) is 5.82 Å². The summed E-state index contributed by atoms with van der Waals surface area (Å²) in [5, 5.41) is 7.53. The first-order valence-electron chi connectivity index (χ1n) is 11.2. The van der Waals surface area contributed by atoms with Crippen LogP contribution in [0.25, 0.3) is 10.9 Å². The van der Waals surface area contributed by atoms with Crippen LogP contribution in [-0.2, 0) is 0 Å². The molecule has 2 fully saturated rings. The maximum atomic E-state index is 5.83. The zero-order valence-electron chi connectivity index (χ0n) is 18.5. The van der Waals surface area contributed by atoms with Gasteiger partial charge in [0.05, 0.1) is 17.3 Å². The van der Waals surface area contributed by atoms with E-state index in [1.54, 1.807) is 24.5 Å². The molecule has 0 spiro atoms. The van der Waals surface area contributed by atoms with Crippen LogP contribution in [0.3, 0.4) is 0 Å². The Morgan fingerprint density at radius 1 is 1.03 bits per heavy atom. The van der Waals surface area contributed by atoms with E-state index in [2.05, 4.69) is 37.4 Å². The lowest BCUT2D eigenvalue weighted by molar-refractivity contribution is 0.479. The molecule has 1 aliphatic carbocycles. The van der Waals surface area contributed by atoms with Crippen molar-refractivity contribution >= 4 is 22.4 Å². The second-order valence-corrected chi connectivity index (χ2v) is 8.17. The fourth-order valence-corrected chi connectivity index (χ4v) is 3.99. The number of rotatable bonds is 4. The Bertz CT molecular complexity index is 1400. The zero-order chi connectivity index (χ0) is 23.3. The number of terminal acetylenes is 2. The number of aromatic nitrogens is 3. The predicted octanol–water partition coefficient (Wildman–Crippen LogP) is 4.89. The molecular weight excluding hydrogens is 422 g/mol. The number of hydrogen-bond acceptors (Lipinski definition) is 6. The lowest BCUT2D eigenvalue weighted by Gasteiger charge is -2.12. The van der Waals surface area contributed by atoms with Gasteiger partial charge in [-0.3, -0.25) is 4.98 Å². The van der Waals surface area contributed by atoms with Crippen LogP contribution in [-0.4, -0.2) is 27.5 Å². The first kappa shape index (κ1) is 21.5. The molecule has 2 unspecified atom stereocenters. The number of nitrogens with one attached hydrogen (secondary N) is 2. The number of para-hydroxylation sites is 1. The summed E-state index contributed by atoms with van der Waals surface area (Å²) in [5.74, 6) is 8.34. The van der Waals surface area contributed by atoms with Gasteiger partial charge in [0.1, 0.15) is 17.3 Å². The molecule has 166 valence electrons. The first-order valence-corrected chi connectivity index (χ1v) is 11.2. The summed E-state index contributed by atoms with van der Waals surface area (Å²) in [7, 11) is 0. The van der Waals surface area contributed by atoms with Gasteiger partial charge in [-0.2, -0.15) is 0 Å². The summed E-state index contributed by atoms with van der Waals surface area (Å²) < 4.78 is 5.83. The molecule has 1 saturated carbocycles. The van der Waals surface area contributed by atoms with Gasteiger partial charge in [-0.15, -0.1) is 12.8 Å². The van der Waals surface area contributed by atoms with Gasteiger partial charge < -0.3 is 15.4 Å². The van der Waals surface area contributed by atoms with Crippen LogP contribution in [0.1, 0.15) is 24.2 Å². The lowest BCUT2D eigenvalue weighted by atomic mass is 10.1. The largest absolute Gasteiger partial charge is 0.454 e. The van der Waals surface area contributed by atoms with Crippen molar-refractivity contribution in [2.45, 2.75) is 18.9 Å². The van der Waals surface area contributed by atoms with Crippen LogP contribution in [0.2, 0.25) is 0 Å². The van der Waals surface area contributed by atoms with Crippen LogP contribution >= 0.6 is 0 Å². The number of anilines is 2. The third kappa shape index (κ3) is 4.83. The Hall–Kier alpha value is -4.39. The van der Waals surface area contributed by atoms with E-state index >= 15 is 0 Å². The highest BCUT2D eigenvalue weighted by Crippen LogP contribution is 2.37. The van der Waals surface area contributed by atoms with Gasteiger partial charge in [0.25, 0.3) is 0 Å². The van der Waals surface area contributed by atoms with Gasteiger partial charge >= 0.3 is 0 Å². The van der Waals surface area contributed by atoms with Crippen LogP contribution in [0.15, 0.2) is 67.0 Å². The number of hydrogen-bond donors (Lipinski definition) is 2. The Kier molecular flexibility index (Phi) is 6.07. The summed E-state index contributed by atoms with van der Waals surface area (Å²) in [4.78, 5) is 12.8. The standard InChI is InChI=1S/C23H14N4O.C5H9N/c1-3-16-14-17(11-12-21(16)28-18-8-7-13-24-15-18)25-23-19-9-5-6-10-20(19)26-22(4-2)27-23;1-2-6-5-3-4(1)5/h1-2,5-15H,(H,25,26,27);4-6H,1-3H2. The van der Waals surface area contributed by atoms with E-state index in [0.29, 0.717) is 28.7 Å². The molecule has 0 bridgehead atoms. The fourth-order valence-electron chi connectivity index (χ4n) is 3.99. The van der Waals surface area contributed by atoms with Gasteiger partial charge in [0.15, 0.2) is 0 Å². The number of benzene rings is 2. The van der Waals surface area contributed by atoms with E-state index in [0.717, 1.165) is 28.6 Å².